The number of rotatable bonds is 6. The molecule has 1 atom stereocenters. The van der Waals surface area contributed by atoms with Crippen LogP contribution in [-0.4, -0.2) is 30.9 Å². The molecule has 28 heavy (non-hydrogen) atoms. The summed E-state index contributed by atoms with van der Waals surface area (Å²) >= 11 is 5.99. The lowest BCUT2D eigenvalue weighted by molar-refractivity contribution is -0.122. The van der Waals surface area contributed by atoms with Crippen molar-refractivity contribution in [3.8, 4) is 0 Å². The van der Waals surface area contributed by atoms with E-state index in [1.807, 2.05) is 6.92 Å². The average Bonchev–Trinajstić information content (AvgIpc) is 3.08. The molecule has 0 spiro atoms. The second-order valence-electron chi connectivity index (χ2n) is 6.59. The Hall–Kier alpha value is -2.86. The molecule has 0 aliphatic carbocycles. The number of hydrogen-bond donors (Lipinski definition) is 1. The molecule has 2 aromatic rings. The summed E-state index contributed by atoms with van der Waals surface area (Å²) in [5, 5.41) is 3.34. The van der Waals surface area contributed by atoms with Gasteiger partial charge in [-0.15, -0.1) is 0 Å². The Morgan fingerprint density at radius 3 is 2.64 bits per heavy atom. The van der Waals surface area contributed by atoms with Crippen molar-refractivity contribution in [3.63, 3.8) is 0 Å². The summed E-state index contributed by atoms with van der Waals surface area (Å²) < 4.78 is 5.07. The molecule has 146 valence electrons. The van der Waals surface area contributed by atoms with E-state index in [1.165, 1.54) is 0 Å². The summed E-state index contributed by atoms with van der Waals surface area (Å²) in [4.78, 5) is 38.3. The second kappa shape index (κ2) is 8.89. The summed E-state index contributed by atoms with van der Waals surface area (Å²) in [6, 6.07) is 13.5. The quantitative estimate of drug-likeness (QED) is 0.746. The predicted molar refractivity (Wildman–Crippen MR) is 108 cm³/mol. The van der Waals surface area contributed by atoms with Gasteiger partial charge in [0.15, 0.2) is 0 Å². The van der Waals surface area contributed by atoms with Crippen LogP contribution in [0.1, 0.15) is 30.1 Å². The van der Waals surface area contributed by atoms with Gasteiger partial charge in [0.1, 0.15) is 0 Å². The predicted octanol–water partition coefficient (Wildman–Crippen LogP) is 3.90. The Morgan fingerprint density at radius 2 is 1.96 bits per heavy atom. The molecular weight excluding hydrogens is 380 g/mol. The second-order valence-corrected chi connectivity index (χ2v) is 7.02. The SMILES string of the molecule is CCCOC(=O)c1ccc(NC(=O)[C@H]2CC(=O)N(c3cccc(Cl)c3)C2)cc1. The highest BCUT2D eigenvalue weighted by Crippen LogP contribution is 2.28. The molecule has 3 rings (SSSR count). The van der Waals surface area contributed by atoms with Crippen LogP contribution in [-0.2, 0) is 14.3 Å². The molecule has 0 aromatic heterocycles. The number of amides is 2. The molecule has 0 saturated carbocycles. The van der Waals surface area contributed by atoms with Crippen molar-refractivity contribution in [2.24, 2.45) is 5.92 Å². The number of halogens is 1. The van der Waals surface area contributed by atoms with Crippen LogP contribution in [0, 0.1) is 5.92 Å². The molecular formula is C21H21ClN2O4. The molecule has 1 heterocycles. The standard InChI is InChI=1S/C21H21ClN2O4/c1-2-10-28-21(27)14-6-8-17(9-7-14)23-20(26)15-11-19(25)24(13-15)18-5-3-4-16(22)12-18/h3-9,12,15H,2,10-11,13H2,1H3,(H,23,26)/t15-/m0/s1. The smallest absolute Gasteiger partial charge is 0.338 e. The highest BCUT2D eigenvalue weighted by atomic mass is 35.5. The van der Waals surface area contributed by atoms with E-state index in [2.05, 4.69) is 5.32 Å². The van der Waals surface area contributed by atoms with Crippen LogP contribution in [0.15, 0.2) is 48.5 Å². The topological polar surface area (TPSA) is 75.7 Å². The zero-order valence-corrected chi connectivity index (χ0v) is 16.2. The van der Waals surface area contributed by atoms with Crippen LogP contribution < -0.4 is 10.2 Å². The minimum Gasteiger partial charge on any atom is -0.462 e. The van der Waals surface area contributed by atoms with Crippen LogP contribution in [0.3, 0.4) is 0 Å². The van der Waals surface area contributed by atoms with E-state index in [9.17, 15) is 14.4 Å². The minimum absolute atomic E-state index is 0.114. The fraction of sp³-hybridized carbons (Fsp3) is 0.286. The first-order chi connectivity index (χ1) is 13.5. The first kappa shape index (κ1) is 19.9. The van der Waals surface area contributed by atoms with Crippen molar-refractivity contribution in [2.45, 2.75) is 19.8 Å². The van der Waals surface area contributed by atoms with E-state index >= 15 is 0 Å². The first-order valence-corrected chi connectivity index (χ1v) is 9.49. The van der Waals surface area contributed by atoms with E-state index in [0.717, 1.165) is 6.42 Å². The highest BCUT2D eigenvalue weighted by molar-refractivity contribution is 6.31. The van der Waals surface area contributed by atoms with Gasteiger partial charge in [0.2, 0.25) is 11.8 Å². The van der Waals surface area contributed by atoms with Gasteiger partial charge in [0, 0.05) is 29.4 Å². The van der Waals surface area contributed by atoms with Gasteiger partial charge in [-0.05, 0) is 48.9 Å². The number of carbonyl (C=O) groups excluding carboxylic acids is 3. The van der Waals surface area contributed by atoms with E-state index < -0.39 is 11.9 Å². The summed E-state index contributed by atoms with van der Waals surface area (Å²) in [6.07, 6.45) is 0.895. The maximum atomic E-state index is 12.6. The zero-order valence-electron chi connectivity index (χ0n) is 15.5. The minimum atomic E-state index is -0.458. The number of carbonyl (C=O) groups is 3. The van der Waals surface area contributed by atoms with Crippen LogP contribution >= 0.6 is 11.6 Å². The van der Waals surface area contributed by atoms with Crippen molar-refractivity contribution in [1.82, 2.24) is 0 Å². The van der Waals surface area contributed by atoms with Crippen LogP contribution in [0.4, 0.5) is 11.4 Å². The zero-order chi connectivity index (χ0) is 20.1. The number of benzene rings is 2. The van der Waals surface area contributed by atoms with E-state index in [4.69, 9.17) is 16.3 Å². The third-order valence-electron chi connectivity index (χ3n) is 4.44. The third kappa shape index (κ3) is 4.70. The number of nitrogens with zero attached hydrogens (tertiary/aromatic N) is 1. The molecule has 0 unspecified atom stereocenters. The van der Waals surface area contributed by atoms with Gasteiger partial charge in [-0.25, -0.2) is 4.79 Å². The van der Waals surface area contributed by atoms with Gasteiger partial charge in [-0.2, -0.15) is 0 Å². The maximum absolute atomic E-state index is 12.6. The lowest BCUT2D eigenvalue weighted by Gasteiger charge is -2.17. The van der Waals surface area contributed by atoms with Gasteiger partial charge in [-0.3, -0.25) is 9.59 Å². The van der Waals surface area contributed by atoms with Crippen LogP contribution in [0.25, 0.3) is 0 Å². The average molecular weight is 401 g/mol. The van der Waals surface area contributed by atoms with Crippen molar-refractivity contribution < 1.29 is 19.1 Å². The van der Waals surface area contributed by atoms with E-state index in [1.54, 1.807) is 53.4 Å². The fourth-order valence-electron chi connectivity index (χ4n) is 2.99. The summed E-state index contributed by atoms with van der Waals surface area (Å²) in [6.45, 7) is 2.59. The van der Waals surface area contributed by atoms with Crippen molar-refractivity contribution in [3.05, 3.63) is 59.1 Å². The highest BCUT2D eigenvalue weighted by Gasteiger charge is 2.35. The van der Waals surface area contributed by atoms with E-state index in [-0.39, 0.29) is 18.2 Å². The summed E-state index contributed by atoms with van der Waals surface area (Å²) in [5.41, 5.74) is 1.67. The largest absolute Gasteiger partial charge is 0.462 e. The van der Waals surface area contributed by atoms with Gasteiger partial charge in [0.05, 0.1) is 18.1 Å². The van der Waals surface area contributed by atoms with E-state index in [0.29, 0.717) is 35.1 Å². The lowest BCUT2D eigenvalue weighted by Crippen LogP contribution is -2.28. The number of hydrogen-bond acceptors (Lipinski definition) is 4. The van der Waals surface area contributed by atoms with Crippen molar-refractivity contribution >= 4 is 40.8 Å². The number of nitrogens with one attached hydrogen (secondary N) is 1. The van der Waals surface area contributed by atoms with Crippen LogP contribution in [0.5, 0.6) is 0 Å². The summed E-state index contributed by atoms with van der Waals surface area (Å²) in [5.74, 6) is -1.20. The molecule has 1 aliphatic heterocycles. The van der Waals surface area contributed by atoms with Gasteiger partial charge < -0.3 is 15.0 Å². The Kier molecular flexibility index (Phi) is 6.31. The Morgan fingerprint density at radius 1 is 1.21 bits per heavy atom. The maximum Gasteiger partial charge on any atom is 0.338 e. The Bertz CT molecular complexity index is 882. The molecule has 0 bridgehead atoms. The molecule has 1 saturated heterocycles. The lowest BCUT2D eigenvalue weighted by atomic mass is 10.1. The molecule has 1 N–H and O–H groups in total. The molecule has 2 aromatic carbocycles. The molecule has 6 nitrogen and oxygen atoms in total. The Labute approximate surface area is 168 Å². The molecule has 0 radical (unpaired) electrons. The Balaban J connectivity index is 1.61. The van der Waals surface area contributed by atoms with Crippen LogP contribution in [0.2, 0.25) is 5.02 Å². The van der Waals surface area contributed by atoms with Gasteiger partial charge in [0.25, 0.3) is 0 Å². The number of anilines is 2. The number of ether oxygens (including phenoxy) is 1. The monoisotopic (exact) mass is 400 g/mol. The van der Waals surface area contributed by atoms with Crippen molar-refractivity contribution in [1.29, 1.82) is 0 Å². The first-order valence-electron chi connectivity index (χ1n) is 9.12. The fourth-order valence-corrected chi connectivity index (χ4v) is 3.17. The van der Waals surface area contributed by atoms with Crippen molar-refractivity contribution in [2.75, 3.05) is 23.4 Å². The molecule has 1 aliphatic rings. The van der Waals surface area contributed by atoms with Gasteiger partial charge >= 0.3 is 5.97 Å². The molecule has 1 fully saturated rings. The van der Waals surface area contributed by atoms with Gasteiger partial charge in [-0.1, -0.05) is 24.6 Å². The number of esters is 1. The summed E-state index contributed by atoms with van der Waals surface area (Å²) in [7, 11) is 0. The molecule has 7 heteroatoms. The molecule has 2 amide bonds. The normalized spacial score (nSPS) is 16.1. The third-order valence-corrected chi connectivity index (χ3v) is 4.68.